The third-order valence-corrected chi connectivity index (χ3v) is 5.92. The molecule has 0 radical (unpaired) electrons. The second-order valence-electron chi connectivity index (χ2n) is 5.83. The first-order chi connectivity index (χ1) is 11.0. The lowest BCUT2D eigenvalue weighted by molar-refractivity contribution is 0.0600. The number of rotatable bonds is 6. The number of carbonyl (C=O) groups is 1. The second kappa shape index (κ2) is 7.90. The van der Waals surface area contributed by atoms with Crippen molar-refractivity contribution in [3.63, 3.8) is 0 Å². The standard InChI is InChI=1S/C16H24N2O4S/c1-17-10-13-6-5-9-18(11-13)23(20,21)12-14-7-3-4-8-15(14)16(19)22-2/h3-4,7-8,13,17H,5-6,9-12H2,1-2H3. The summed E-state index contributed by atoms with van der Waals surface area (Å²) in [7, 11) is -0.287. The smallest absolute Gasteiger partial charge is 0.338 e. The molecule has 1 unspecified atom stereocenters. The summed E-state index contributed by atoms with van der Waals surface area (Å²) in [6.07, 6.45) is 1.90. The van der Waals surface area contributed by atoms with Crippen LogP contribution in [0, 0.1) is 5.92 Å². The van der Waals surface area contributed by atoms with Crippen LogP contribution in [0.3, 0.4) is 0 Å². The minimum Gasteiger partial charge on any atom is -0.465 e. The molecule has 7 heteroatoms. The highest BCUT2D eigenvalue weighted by Gasteiger charge is 2.29. The van der Waals surface area contributed by atoms with Crippen molar-refractivity contribution in [3.8, 4) is 0 Å². The molecule has 0 bridgehead atoms. The number of nitrogens with one attached hydrogen (secondary N) is 1. The highest BCUT2D eigenvalue weighted by Crippen LogP contribution is 2.22. The van der Waals surface area contributed by atoms with Crippen LogP contribution in [0.15, 0.2) is 24.3 Å². The lowest BCUT2D eigenvalue weighted by atomic mass is 10.00. The summed E-state index contributed by atoms with van der Waals surface area (Å²) in [5.41, 5.74) is 0.789. The van der Waals surface area contributed by atoms with Gasteiger partial charge in [0.2, 0.25) is 10.0 Å². The van der Waals surface area contributed by atoms with Crippen LogP contribution in [-0.4, -0.2) is 52.5 Å². The molecule has 1 saturated heterocycles. The van der Waals surface area contributed by atoms with E-state index in [9.17, 15) is 13.2 Å². The zero-order valence-corrected chi connectivity index (χ0v) is 14.4. The molecular formula is C16H24N2O4S. The average Bonchev–Trinajstić information content (AvgIpc) is 2.55. The number of methoxy groups -OCH3 is 1. The molecule has 1 aliphatic rings. The Morgan fingerprint density at radius 1 is 1.39 bits per heavy atom. The van der Waals surface area contributed by atoms with Gasteiger partial charge in [0.25, 0.3) is 0 Å². The highest BCUT2D eigenvalue weighted by molar-refractivity contribution is 7.88. The van der Waals surface area contributed by atoms with E-state index in [4.69, 9.17) is 4.74 Å². The van der Waals surface area contributed by atoms with E-state index in [1.165, 1.54) is 7.11 Å². The minimum absolute atomic E-state index is 0.176. The van der Waals surface area contributed by atoms with Gasteiger partial charge >= 0.3 is 5.97 Å². The summed E-state index contributed by atoms with van der Waals surface area (Å²) < 4.78 is 31.7. The van der Waals surface area contributed by atoms with E-state index in [0.29, 0.717) is 30.1 Å². The van der Waals surface area contributed by atoms with Gasteiger partial charge in [0, 0.05) is 13.1 Å². The van der Waals surface area contributed by atoms with Crippen LogP contribution in [0.2, 0.25) is 0 Å². The Kier molecular flexibility index (Phi) is 6.15. The molecule has 23 heavy (non-hydrogen) atoms. The Bertz CT molecular complexity index is 643. The van der Waals surface area contributed by atoms with Crippen molar-refractivity contribution in [2.24, 2.45) is 5.92 Å². The van der Waals surface area contributed by atoms with Crippen LogP contribution in [0.4, 0.5) is 0 Å². The number of nitrogens with zero attached hydrogens (tertiary/aromatic N) is 1. The van der Waals surface area contributed by atoms with Crippen molar-refractivity contribution in [2.45, 2.75) is 18.6 Å². The maximum atomic E-state index is 12.7. The normalized spacial score (nSPS) is 19.5. The molecule has 1 aliphatic heterocycles. The van der Waals surface area contributed by atoms with E-state index in [2.05, 4.69) is 5.32 Å². The van der Waals surface area contributed by atoms with Gasteiger partial charge in [0.1, 0.15) is 0 Å². The van der Waals surface area contributed by atoms with Crippen molar-refractivity contribution < 1.29 is 17.9 Å². The van der Waals surface area contributed by atoms with E-state index >= 15 is 0 Å². The number of hydrogen-bond acceptors (Lipinski definition) is 5. The van der Waals surface area contributed by atoms with Gasteiger partial charge in [-0.1, -0.05) is 18.2 Å². The summed E-state index contributed by atoms with van der Waals surface area (Å²) in [4.78, 5) is 11.8. The molecule has 0 amide bonds. The van der Waals surface area contributed by atoms with Gasteiger partial charge in [-0.05, 0) is 44.0 Å². The number of sulfonamides is 1. The fraction of sp³-hybridized carbons (Fsp3) is 0.562. The van der Waals surface area contributed by atoms with Crippen LogP contribution < -0.4 is 5.32 Å². The maximum Gasteiger partial charge on any atom is 0.338 e. The Balaban J connectivity index is 2.17. The molecule has 0 aliphatic carbocycles. The Labute approximate surface area is 137 Å². The van der Waals surface area contributed by atoms with E-state index < -0.39 is 16.0 Å². The zero-order valence-electron chi connectivity index (χ0n) is 13.6. The topological polar surface area (TPSA) is 75.7 Å². The molecule has 1 aromatic carbocycles. The van der Waals surface area contributed by atoms with Crippen LogP contribution in [0.1, 0.15) is 28.8 Å². The highest BCUT2D eigenvalue weighted by atomic mass is 32.2. The zero-order chi connectivity index (χ0) is 16.9. The predicted octanol–water partition coefficient (Wildman–Crippen LogP) is 1.23. The van der Waals surface area contributed by atoms with Gasteiger partial charge in [0.05, 0.1) is 18.4 Å². The summed E-state index contributed by atoms with van der Waals surface area (Å²) in [5, 5.41) is 3.11. The molecule has 1 heterocycles. The quantitative estimate of drug-likeness (QED) is 0.789. The lowest BCUT2D eigenvalue weighted by Gasteiger charge is -2.32. The lowest BCUT2D eigenvalue weighted by Crippen LogP contribution is -2.43. The molecular weight excluding hydrogens is 316 g/mol. The van der Waals surface area contributed by atoms with E-state index in [0.717, 1.165) is 19.4 Å². The van der Waals surface area contributed by atoms with Crippen molar-refractivity contribution in [2.75, 3.05) is 33.8 Å². The number of esters is 1. The van der Waals surface area contributed by atoms with Crippen molar-refractivity contribution >= 4 is 16.0 Å². The largest absolute Gasteiger partial charge is 0.465 e. The Morgan fingerprint density at radius 2 is 2.13 bits per heavy atom. The molecule has 1 fully saturated rings. The van der Waals surface area contributed by atoms with Gasteiger partial charge in [-0.25, -0.2) is 17.5 Å². The third kappa shape index (κ3) is 4.53. The number of hydrogen-bond donors (Lipinski definition) is 1. The first-order valence-electron chi connectivity index (χ1n) is 7.76. The molecule has 2 rings (SSSR count). The first-order valence-corrected chi connectivity index (χ1v) is 9.37. The third-order valence-electron chi connectivity index (χ3n) is 4.13. The molecule has 0 aromatic heterocycles. The summed E-state index contributed by atoms with van der Waals surface area (Å²) in [6.45, 7) is 1.89. The molecule has 1 atom stereocenters. The number of benzene rings is 1. The molecule has 1 N–H and O–H groups in total. The monoisotopic (exact) mass is 340 g/mol. The second-order valence-corrected chi connectivity index (χ2v) is 7.80. The molecule has 0 saturated carbocycles. The molecule has 1 aromatic rings. The average molecular weight is 340 g/mol. The fourth-order valence-corrected chi connectivity index (χ4v) is 4.65. The minimum atomic E-state index is -3.45. The van der Waals surface area contributed by atoms with Crippen LogP contribution in [0.5, 0.6) is 0 Å². The van der Waals surface area contributed by atoms with Crippen LogP contribution >= 0.6 is 0 Å². The van der Waals surface area contributed by atoms with Gasteiger partial charge in [0.15, 0.2) is 0 Å². The van der Waals surface area contributed by atoms with Gasteiger partial charge in [-0.3, -0.25) is 0 Å². The number of carbonyl (C=O) groups excluding carboxylic acids is 1. The summed E-state index contributed by atoms with van der Waals surface area (Å²) >= 11 is 0. The maximum absolute atomic E-state index is 12.7. The van der Waals surface area contributed by atoms with Crippen molar-refractivity contribution in [3.05, 3.63) is 35.4 Å². The van der Waals surface area contributed by atoms with Crippen molar-refractivity contribution in [1.29, 1.82) is 0 Å². The fourth-order valence-electron chi connectivity index (χ4n) is 2.98. The molecule has 128 valence electrons. The van der Waals surface area contributed by atoms with Gasteiger partial charge in [-0.2, -0.15) is 0 Å². The van der Waals surface area contributed by atoms with E-state index in [-0.39, 0.29) is 5.75 Å². The Morgan fingerprint density at radius 3 is 2.83 bits per heavy atom. The predicted molar refractivity (Wildman–Crippen MR) is 88.6 cm³/mol. The first kappa shape index (κ1) is 17.9. The molecule has 0 spiro atoms. The SMILES string of the molecule is CNCC1CCCN(S(=O)(=O)Cc2ccccc2C(=O)OC)C1. The van der Waals surface area contributed by atoms with Crippen LogP contribution in [0.25, 0.3) is 0 Å². The van der Waals surface area contributed by atoms with Crippen LogP contribution in [-0.2, 0) is 20.5 Å². The van der Waals surface area contributed by atoms with E-state index in [1.807, 2.05) is 7.05 Å². The number of piperidine rings is 1. The molecule has 6 nitrogen and oxygen atoms in total. The number of ether oxygens (including phenoxy) is 1. The summed E-state index contributed by atoms with van der Waals surface area (Å²) in [6, 6.07) is 6.69. The van der Waals surface area contributed by atoms with E-state index in [1.54, 1.807) is 28.6 Å². The van der Waals surface area contributed by atoms with Gasteiger partial charge in [-0.15, -0.1) is 0 Å². The Hall–Kier alpha value is -1.44. The summed E-state index contributed by atoms with van der Waals surface area (Å²) in [5.74, 6) is -0.355. The van der Waals surface area contributed by atoms with Crippen molar-refractivity contribution in [1.82, 2.24) is 9.62 Å². The van der Waals surface area contributed by atoms with Gasteiger partial charge < -0.3 is 10.1 Å².